The first kappa shape index (κ1) is 9.15. The lowest BCUT2D eigenvalue weighted by Crippen LogP contribution is -2.16. The van der Waals surface area contributed by atoms with Crippen LogP contribution >= 0.6 is 11.8 Å². The molecule has 0 spiro atoms. The highest BCUT2D eigenvalue weighted by molar-refractivity contribution is 8.01. The van der Waals surface area contributed by atoms with Gasteiger partial charge in [-0.15, -0.1) is 11.8 Å². The minimum Gasteiger partial charge on any atom is -0.508 e. The van der Waals surface area contributed by atoms with Gasteiger partial charge in [0.1, 0.15) is 11.0 Å². The lowest BCUT2D eigenvalue weighted by molar-refractivity contribution is -0.135. The Kier molecular flexibility index (Phi) is 2.21. The first-order valence-corrected chi connectivity index (χ1v) is 4.96. The lowest BCUT2D eigenvalue weighted by Gasteiger charge is -2.17. The van der Waals surface area contributed by atoms with Gasteiger partial charge in [-0.1, -0.05) is 18.2 Å². The van der Waals surface area contributed by atoms with Crippen LogP contribution in [0.25, 0.3) is 5.76 Å². The number of carbonyl (C=O) groups is 1. The van der Waals surface area contributed by atoms with Crippen molar-refractivity contribution in [2.75, 3.05) is 0 Å². The summed E-state index contributed by atoms with van der Waals surface area (Å²) in [6.45, 7) is 0. The number of rotatable bonds is 1. The highest BCUT2D eigenvalue weighted by Gasteiger charge is 2.24. The molecule has 1 aliphatic heterocycles. The zero-order valence-electron chi connectivity index (χ0n) is 7.18. The molecule has 1 aromatic carbocycles. The molecular formula is C10H8O3S. The second-order valence-electron chi connectivity index (χ2n) is 2.92. The second kappa shape index (κ2) is 3.38. The van der Waals surface area contributed by atoms with Gasteiger partial charge >= 0.3 is 5.97 Å². The lowest BCUT2D eigenvalue weighted by atomic mass is 10.1. The van der Waals surface area contributed by atoms with Gasteiger partial charge in [0.25, 0.3) is 0 Å². The van der Waals surface area contributed by atoms with E-state index in [2.05, 4.69) is 0 Å². The minimum atomic E-state index is -0.934. The van der Waals surface area contributed by atoms with E-state index in [1.807, 2.05) is 12.1 Å². The summed E-state index contributed by atoms with van der Waals surface area (Å²) in [5.74, 6) is -0.886. The van der Waals surface area contributed by atoms with E-state index in [1.54, 1.807) is 12.1 Å². The number of carboxylic acid groups (broad SMARTS) is 1. The molecule has 3 nitrogen and oxygen atoms in total. The van der Waals surface area contributed by atoms with Crippen LogP contribution in [0.4, 0.5) is 0 Å². The Labute approximate surface area is 85.1 Å². The standard InChI is InChI=1S/C10H8O3S/c11-7-5-9(10(12)13)14-8-4-2-1-3-6(7)8/h1-5,9,11H,(H,12,13). The normalized spacial score (nSPS) is 19.7. The molecule has 2 N–H and O–H groups in total. The molecule has 72 valence electrons. The van der Waals surface area contributed by atoms with Crippen molar-refractivity contribution in [1.29, 1.82) is 0 Å². The summed E-state index contributed by atoms with van der Waals surface area (Å²) in [5, 5.41) is 17.7. The first-order chi connectivity index (χ1) is 6.68. The molecule has 0 aliphatic carbocycles. The zero-order chi connectivity index (χ0) is 10.1. The fourth-order valence-electron chi connectivity index (χ4n) is 1.31. The molecule has 1 atom stereocenters. The summed E-state index contributed by atoms with van der Waals surface area (Å²) in [6, 6.07) is 7.21. The maximum Gasteiger partial charge on any atom is 0.321 e. The predicted molar refractivity (Wildman–Crippen MR) is 54.3 cm³/mol. The van der Waals surface area contributed by atoms with Gasteiger partial charge in [0, 0.05) is 10.5 Å². The molecule has 14 heavy (non-hydrogen) atoms. The van der Waals surface area contributed by atoms with Gasteiger partial charge in [-0.25, -0.2) is 0 Å². The van der Waals surface area contributed by atoms with Gasteiger partial charge in [-0.2, -0.15) is 0 Å². The number of aliphatic carboxylic acids is 1. The van der Waals surface area contributed by atoms with E-state index in [1.165, 1.54) is 17.8 Å². The van der Waals surface area contributed by atoms with Crippen LogP contribution in [0.1, 0.15) is 5.56 Å². The zero-order valence-corrected chi connectivity index (χ0v) is 7.99. The molecule has 1 heterocycles. The number of hydrogen-bond donors (Lipinski definition) is 2. The molecule has 0 bridgehead atoms. The molecule has 0 radical (unpaired) electrons. The van der Waals surface area contributed by atoms with Crippen molar-refractivity contribution >= 4 is 23.5 Å². The van der Waals surface area contributed by atoms with E-state index in [4.69, 9.17) is 5.11 Å². The molecule has 1 aliphatic rings. The topological polar surface area (TPSA) is 57.5 Å². The number of fused-ring (bicyclic) bond motifs is 1. The molecule has 1 aromatic rings. The van der Waals surface area contributed by atoms with Crippen molar-refractivity contribution in [3.05, 3.63) is 35.9 Å². The molecular weight excluding hydrogens is 200 g/mol. The minimum absolute atomic E-state index is 0.0479. The summed E-state index contributed by atoms with van der Waals surface area (Å²) < 4.78 is 0. The first-order valence-electron chi connectivity index (χ1n) is 4.08. The number of carboxylic acids is 1. The summed E-state index contributed by atoms with van der Waals surface area (Å²) in [5.41, 5.74) is 0.704. The van der Waals surface area contributed by atoms with Gasteiger partial charge in [-0.3, -0.25) is 4.79 Å². The molecule has 4 heteroatoms. The van der Waals surface area contributed by atoms with Crippen LogP contribution in [0, 0.1) is 0 Å². The largest absolute Gasteiger partial charge is 0.508 e. The molecule has 0 fully saturated rings. The quantitative estimate of drug-likeness (QED) is 0.742. The number of benzene rings is 1. The van der Waals surface area contributed by atoms with Crippen molar-refractivity contribution < 1.29 is 15.0 Å². The van der Waals surface area contributed by atoms with E-state index >= 15 is 0 Å². The molecule has 1 unspecified atom stereocenters. The third kappa shape index (κ3) is 1.48. The van der Waals surface area contributed by atoms with Crippen molar-refractivity contribution in [2.24, 2.45) is 0 Å². The number of thioether (sulfide) groups is 1. The third-order valence-electron chi connectivity index (χ3n) is 1.97. The molecule has 2 rings (SSSR count). The van der Waals surface area contributed by atoms with Crippen LogP contribution in [0.5, 0.6) is 0 Å². The molecule has 0 saturated carbocycles. The highest BCUT2D eigenvalue weighted by Crippen LogP contribution is 2.36. The molecule has 0 saturated heterocycles. The van der Waals surface area contributed by atoms with Crippen molar-refractivity contribution in [1.82, 2.24) is 0 Å². The van der Waals surface area contributed by atoms with E-state index in [0.717, 1.165) is 4.90 Å². The Morgan fingerprint density at radius 2 is 2.07 bits per heavy atom. The van der Waals surface area contributed by atoms with Gasteiger partial charge in [0.15, 0.2) is 0 Å². The van der Waals surface area contributed by atoms with Crippen LogP contribution in [0.15, 0.2) is 35.2 Å². The maximum atomic E-state index is 10.7. The van der Waals surface area contributed by atoms with Crippen LogP contribution in [0.3, 0.4) is 0 Å². The monoisotopic (exact) mass is 208 g/mol. The summed E-state index contributed by atoms with van der Waals surface area (Å²) in [7, 11) is 0. The van der Waals surface area contributed by atoms with Crippen molar-refractivity contribution in [2.45, 2.75) is 10.1 Å². The Morgan fingerprint density at radius 3 is 2.79 bits per heavy atom. The highest BCUT2D eigenvalue weighted by atomic mass is 32.2. The van der Waals surface area contributed by atoms with E-state index in [0.29, 0.717) is 5.56 Å². The van der Waals surface area contributed by atoms with Crippen LogP contribution in [0.2, 0.25) is 0 Å². The summed E-state index contributed by atoms with van der Waals surface area (Å²) in [6.07, 6.45) is 1.36. The van der Waals surface area contributed by atoms with Crippen LogP contribution in [-0.2, 0) is 4.79 Å². The SMILES string of the molecule is O=C(O)C1C=C(O)c2ccccc2S1. The van der Waals surface area contributed by atoms with Gasteiger partial charge in [0.2, 0.25) is 0 Å². The van der Waals surface area contributed by atoms with E-state index < -0.39 is 11.2 Å². The van der Waals surface area contributed by atoms with E-state index in [-0.39, 0.29) is 5.76 Å². The van der Waals surface area contributed by atoms with E-state index in [9.17, 15) is 9.90 Å². The second-order valence-corrected chi connectivity index (χ2v) is 4.11. The maximum absolute atomic E-state index is 10.7. The number of hydrogen-bond acceptors (Lipinski definition) is 3. The fourth-order valence-corrected chi connectivity index (χ4v) is 2.33. The smallest absolute Gasteiger partial charge is 0.321 e. The number of aliphatic hydroxyl groups is 1. The Morgan fingerprint density at radius 1 is 1.36 bits per heavy atom. The van der Waals surface area contributed by atoms with Gasteiger partial charge < -0.3 is 10.2 Å². The Balaban J connectivity index is 2.44. The van der Waals surface area contributed by atoms with Crippen molar-refractivity contribution in [3.63, 3.8) is 0 Å². The predicted octanol–water partition coefficient (Wildman–Crippen LogP) is 2.14. The van der Waals surface area contributed by atoms with Crippen molar-refractivity contribution in [3.8, 4) is 0 Å². The fraction of sp³-hybridized carbons (Fsp3) is 0.100. The molecule has 0 amide bonds. The van der Waals surface area contributed by atoms with Crippen LogP contribution < -0.4 is 0 Å². The van der Waals surface area contributed by atoms with Gasteiger partial charge in [0.05, 0.1) is 0 Å². The summed E-state index contributed by atoms with van der Waals surface area (Å²) >= 11 is 1.23. The average molecular weight is 208 g/mol. The Bertz CT molecular complexity index is 412. The summed E-state index contributed by atoms with van der Waals surface area (Å²) in [4.78, 5) is 11.5. The number of aliphatic hydroxyl groups excluding tert-OH is 1. The average Bonchev–Trinajstić information content (AvgIpc) is 2.17. The third-order valence-corrected chi connectivity index (χ3v) is 3.17. The Hall–Kier alpha value is -1.42. The molecule has 0 aromatic heterocycles. The van der Waals surface area contributed by atoms with Crippen LogP contribution in [-0.4, -0.2) is 21.4 Å². The van der Waals surface area contributed by atoms with Gasteiger partial charge in [-0.05, 0) is 12.1 Å².